The highest BCUT2D eigenvalue weighted by atomic mass is 79.9. The van der Waals surface area contributed by atoms with E-state index < -0.39 is 10.0 Å². The van der Waals surface area contributed by atoms with Crippen LogP contribution in [0.15, 0.2) is 57.9 Å². The first-order valence-electron chi connectivity index (χ1n) is 8.10. The molecule has 132 valence electrons. The fourth-order valence-corrected chi connectivity index (χ4v) is 4.59. The van der Waals surface area contributed by atoms with Crippen molar-refractivity contribution in [1.82, 2.24) is 4.31 Å². The van der Waals surface area contributed by atoms with Gasteiger partial charge < -0.3 is 5.32 Å². The zero-order valence-electron chi connectivity index (χ0n) is 13.6. The quantitative estimate of drug-likeness (QED) is 0.722. The van der Waals surface area contributed by atoms with Crippen molar-refractivity contribution in [3.63, 3.8) is 0 Å². The van der Waals surface area contributed by atoms with Crippen LogP contribution in [-0.2, 0) is 10.0 Å². The molecule has 0 atom stereocenters. The Labute approximate surface area is 156 Å². The van der Waals surface area contributed by atoms with Crippen LogP contribution >= 0.6 is 15.9 Å². The SMILES string of the molecule is O=C(CNc1ccc(Br)cc1)c1cccc(S(=O)(=O)N2CCCC2)c1. The predicted octanol–water partition coefficient (Wildman–Crippen LogP) is 3.53. The number of hydrogen-bond donors (Lipinski definition) is 1. The summed E-state index contributed by atoms with van der Waals surface area (Å²) >= 11 is 3.36. The van der Waals surface area contributed by atoms with Gasteiger partial charge in [-0.05, 0) is 49.2 Å². The Kier molecular flexibility index (Phi) is 5.56. The molecule has 3 rings (SSSR count). The van der Waals surface area contributed by atoms with Gasteiger partial charge >= 0.3 is 0 Å². The summed E-state index contributed by atoms with van der Waals surface area (Å²) in [6, 6.07) is 13.8. The highest BCUT2D eigenvalue weighted by Crippen LogP contribution is 2.22. The molecule has 0 unspecified atom stereocenters. The minimum atomic E-state index is -3.51. The minimum absolute atomic E-state index is 0.106. The van der Waals surface area contributed by atoms with Crippen LogP contribution < -0.4 is 5.32 Å². The van der Waals surface area contributed by atoms with Crippen LogP contribution in [0.25, 0.3) is 0 Å². The molecule has 1 aliphatic rings. The van der Waals surface area contributed by atoms with Gasteiger partial charge in [0.2, 0.25) is 10.0 Å². The van der Waals surface area contributed by atoms with Gasteiger partial charge in [0.15, 0.2) is 5.78 Å². The monoisotopic (exact) mass is 422 g/mol. The van der Waals surface area contributed by atoms with E-state index in [0.717, 1.165) is 23.0 Å². The summed E-state index contributed by atoms with van der Waals surface area (Å²) < 4.78 is 27.7. The van der Waals surface area contributed by atoms with Gasteiger partial charge in [-0.1, -0.05) is 28.1 Å². The van der Waals surface area contributed by atoms with Crippen molar-refractivity contribution >= 4 is 37.4 Å². The molecule has 1 aliphatic heterocycles. The van der Waals surface area contributed by atoms with E-state index >= 15 is 0 Å². The Morgan fingerprint density at radius 1 is 1.08 bits per heavy atom. The summed E-state index contributed by atoms with van der Waals surface area (Å²) in [5.74, 6) is -0.151. The van der Waals surface area contributed by atoms with Crippen molar-refractivity contribution in [1.29, 1.82) is 0 Å². The molecule has 1 heterocycles. The Morgan fingerprint density at radius 3 is 2.44 bits per heavy atom. The lowest BCUT2D eigenvalue weighted by Crippen LogP contribution is -2.28. The number of nitrogens with zero attached hydrogens (tertiary/aromatic N) is 1. The lowest BCUT2D eigenvalue weighted by atomic mass is 10.1. The molecule has 1 N–H and O–H groups in total. The minimum Gasteiger partial charge on any atom is -0.378 e. The first-order chi connectivity index (χ1) is 12.0. The normalized spacial score (nSPS) is 15.2. The standard InChI is InChI=1S/C18H19BrN2O3S/c19-15-6-8-16(9-7-15)20-13-18(22)14-4-3-5-17(12-14)25(23,24)21-10-1-2-11-21/h3-9,12,20H,1-2,10-11,13H2. The lowest BCUT2D eigenvalue weighted by Gasteiger charge is -2.16. The van der Waals surface area contributed by atoms with Crippen LogP contribution in [-0.4, -0.2) is 38.1 Å². The van der Waals surface area contributed by atoms with E-state index in [1.807, 2.05) is 24.3 Å². The number of nitrogens with one attached hydrogen (secondary N) is 1. The van der Waals surface area contributed by atoms with Crippen LogP contribution in [0.3, 0.4) is 0 Å². The zero-order chi connectivity index (χ0) is 17.9. The predicted molar refractivity (Wildman–Crippen MR) is 101 cm³/mol. The summed E-state index contributed by atoms with van der Waals surface area (Å²) in [6.45, 7) is 1.20. The number of hydrogen-bond acceptors (Lipinski definition) is 4. The molecule has 2 aromatic rings. The number of Topliss-reactive ketones (excluding diaryl/α,β-unsaturated/α-hetero) is 1. The Morgan fingerprint density at radius 2 is 1.76 bits per heavy atom. The summed E-state index contributed by atoms with van der Waals surface area (Å²) in [6.07, 6.45) is 1.77. The van der Waals surface area contributed by atoms with Crippen molar-refractivity contribution in [3.8, 4) is 0 Å². The van der Waals surface area contributed by atoms with Gasteiger partial charge in [-0.15, -0.1) is 0 Å². The molecule has 0 radical (unpaired) electrons. The third-order valence-electron chi connectivity index (χ3n) is 4.16. The first kappa shape index (κ1) is 18.1. The molecule has 0 saturated carbocycles. The molecule has 0 aliphatic carbocycles. The third-order valence-corrected chi connectivity index (χ3v) is 6.58. The second kappa shape index (κ2) is 7.68. The highest BCUT2D eigenvalue weighted by molar-refractivity contribution is 9.10. The molecule has 0 aromatic heterocycles. The lowest BCUT2D eigenvalue weighted by molar-refractivity contribution is 0.101. The number of rotatable bonds is 6. The van der Waals surface area contributed by atoms with Crippen LogP contribution in [0.2, 0.25) is 0 Å². The molecule has 7 heteroatoms. The molecule has 0 bridgehead atoms. The molecule has 2 aromatic carbocycles. The number of carbonyl (C=O) groups excluding carboxylic acids is 1. The molecular weight excluding hydrogens is 404 g/mol. The molecule has 0 amide bonds. The van der Waals surface area contributed by atoms with Crippen molar-refractivity contribution in [2.45, 2.75) is 17.7 Å². The van der Waals surface area contributed by atoms with Crippen molar-refractivity contribution < 1.29 is 13.2 Å². The molecule has 25 heavy (non-hydrogen) atoms. The highest BCUT2D eigenvalue weighted by Gasteiger charge is 2.27. The van der Waals surface area contributed by atoms with E-state index in [4.69, 9.17) is 0 Å². The average Bonchev–Trinajstić information content (AvgIpc) is 3.16. The number of benzene rings is 2. The average molecular weight is 423 g/mol. The van der Waals surface area contributed by atoms with Gasteiger partial charge in [-0.2, -0.15) is 4.31 Å². The summed E-state index contributed by atoms with van der Waals surface area (Å²) in [4.78, 5) is 12.6. The molecular formula is C18H19BrN2O3S. The summed E-state index contributed by atoms with van der Waals surface area (Å²) in [5.41, 5.74) is 1.22. The van der Waals surface area contributed by atoms with E-state index in [1.165, 1.54) is 10.4 Å². The van der Waals surface area contributed by atoms with Gasteiger partial charge in [-0.3, -0.25) is 4.79 Å². The topological polar surface area (TPSA) is 66.5 Å². The van der Waals surface area contributed by atoms with E-state index in [1.54, 1.807) is 18.2 Å². The van der Waals surface area contributed by atoms with Gasteiger partial charge in [-0.25, -0.2) is 8.42 Å². The fraction of sp³-hybridized carbons (Fsp3) is 0.278. The van der Waals surface area contributed by atoms with Crippen LogP contribution in [0.1, 0.15) is 23.2 Å². The molecule has 1 fully saturated rings. The maximum absolute atomic E-state index is 12.6. The number of halogens is 1. The molecule has 1 saturated heterocycles. The third kappa shape index (κ3) is 4.29. The first-order valence-corrected chi connectivity index (χ1v) is 10.3. The van der Waals surface area contributed by atoms with Gasteiger partial charge in [0.05, 0.1) is 11.4 Å². The largest absolute Gasteiger partial charge is 0.378 e. The van der Waals surface area contributed by atoms with E-state index in [9.17, 15) is 13.2 Å². The number of carbonyl (C=O) groups is 1. The zero-order valence-corrected chi connectivity index (χ0v) is 16.0. The number of sulfonamides is 1. The smallest absolute Gasteiger partial charge is 0.243 e. The van der Waals surface area contributed by atoms with Gasteiger partial charge in [0.25, 0.3) is 0 Å². The Balaban J connectivity index is 1.72. The van der Waals surface area contributed by atoms with E-state index in [-0.39, 0.29) is 17.2 Å². The van der Waals surface area contributed by atoms with Crippen LogP contribution in [0.4, 0.5) is 5.69 Å². The number of anilines is 1. The van der Waals surface area contributed by atoms with Crippen molar-refractivity contribution in [2.24, 2.45) is 0 Å². The summed E-state index contributed by atoms with van der Waals surface area (Å²) in [5, 5.41) is 3.05. The fourth-order valence-electron chi connectivity index (χ4n) is 2.76. The molecule has 0 spiro atoms. The van der Waals surface area contributed by atoms with Crippen molar-refractivity contribution in [3.05, 3.63) is 58.6 Å². The van der Waals surface area contributed by atoms with Crippen LogP contribution in [0.5, 0.6) is 0 Å². The van der Waals surface area contributed by atoms with E-state index in [2.05, 4.69) is 21.2 Å². The van der Waals surface area contributed by atoms with Crippen molar-refractivity contribution in [2.75, 3.05) is 25.0 Å². The molecule has 5 nitrogen and oxygen atoms in total. The summed E-state index contributed by atoms with van der Waals surface area (Å²) in [7, 11) is -3.51. The maximum Gasteiger partial charge on any atom is 0.243 e. The Bertz CT molecular complexity index is 860. The van der Waals surface area contributed by atoms with Gasteiger partial charge in [0.1, 0.15) is 0 Å². The van der Waals surface area contributed by atoms with E-state index in [0.29, 0.717) is 18.7 Å². The number of ketones is 1. The van der Waals surface area contributed by atoms with Gasteiger partial charge in [0, 0.05) is 28.8 Å². The maximum atomic E-state index is 12.6. The van der Waals surface area contributed by atoms with Crippen LogP contribution in [0, 0.1) is 0 Å². The second-order valence-corrected chi connectivity index (χ2v) is 8.78. The Hall–Kier alpha value is -1.70. The second-order valence-electron chi connectivity index (χ2n) is 5.92.